The van der Waals surface area contributed by atoms with Crippen molar-refractivity contribution in [2.75, 3.05) is 13.1 Å². The molecule has 1 rings (SSSR count). The summed E-state index contributed by atoms with van der Waals surface area (Å²) in [6.45, 7) is 6.01. The summed E-state index contributed by atoms with van der Waals surface area (Å²) in [6, 6.07) is 0.309. The van der Waals surface area contributed by atoms with Gasteiger partial charge >= 0.3 is 0 Å². The lowest BCUT2D eigenvalue weighted by molar-refractivity contribution is -0.121. The third-order valence-corrected chi connectivity index (χ3v) is 2.97. The van der Waals surface area contributed by atoms with E-state index in [4.69, 9.17) is 0 Å². The number of nitrogens with one attached hydrogen (secondary N) is 2. The number of hydrogen-bond donors (Lipinski definition) is 2. The Morgan fingerprint density at radius 3 is 2.73 bits per heavy atom. The molecule has 0 aromatic rings. The average molecular weight is 212 g/mol. The molecular weight excluding hydrogens is 188 g/mol. The second-order valence-corrected chi connectivity index (χ2v) is 4.61. The number of carbonyl (C=O) groups is 1. The maximum absolute atomic E-state index is 11.4. The first kappa shape index (κ1) is 12.5. The Morgan fingerprint density at radius 1 is 1.40 bits per heavy atom. The Kier molecular flexibility index (Phi) is 5.69. The molecule has 1 amide bonds. The van der Waals surface area contributed by atoms with E-state index in [0.29, 0.717) is 12.5 Å². The van der Waals surface area contributed by atoms with Gasteiger partial charge in [-0.25, -0.2) is 0 Å². The minimum atomic E-state index is 0.170. The smallest absolute Gasteiger partial charge is 0.221 e. The van der Waals surface area contributed by atoms with E-state index in [1.54, 1.807) is 0 Å². The molecule has 1 saturated carbocycles. The topological polar surface area (TPSA) is 41.1 Å². The highest BCUT2D eigenvalue weighted by atomic mass is 16.1. The Balaban J connectivity index is 1.87. The van der Waals surface area contributed by atoms with Gasteiger partial charge in [-0.1, -0.05) is 19.8 Å². The summed E-state index contributed by atoms with van der Waals surface area (Å²) < 4.78 is 0. The zero-order valence-corrected chi connectivity index (χ0v) is 10.0. The van der Waals surface area contributed by atoms with Crippen molar-refractivity contribution in [3.63, 3.8) is 0 Å². The monoisotopic (exact) mass is 212 g/mol. The summed E-state index contributed by atoms with van der Waals surface area (Å²) in [5.74, 6) is 1.15. The molecule has 0 heterocycles. The van der Waals surface area contributed by atoms with Crippen molar-refractivity contribution < 1.29 is 4.79 Å². The van der Waals surface area contributed by atoms with Gasteiger partial charge in [0, 0.05) is 19.0 Å². The Labute approximate surface area is 93.0 Å². The van der Waals surface area contributed by atoms with E-state index in [-0.39, 0.29) is 5.91 Å². The molecule has 1 aliphatic rings. The summed E-state index contributed by atoms with van der Waals surface area (Å²) >= 11 is 0. The van der Waals surface area contributed by atoms with E-state index in [0.717, 1.165) is 25.4 Å². The van der Waals surface area contributed by atoms with Crippen molar-refractivity contribution in [1.29, 1.82) is 0 Å². The fourth-order valence-corrected chi connectivity index (χ4v) is 1.49. The second-order valence-electron chi connectivity index (χ2n) is 4.61. The van der Waals surface area contributed by atoms with Gasteiger partial charge in [0.25, 0.3) is 0 Å². The van der Waals surface area contributed by atoms with Gasteiger partial charge in [0.2, 0.25) is 5.91 Å². The Morgan fingerprint density at radius 2 is 2.13 bits per heavy atom. The molecule has 0 saturated heterocycles. The van der Waals surface area contributed by atoms with Gasteiger partial charge in [-0.05, 0) is 32.2 Å². The van der Waals surface area contributed by atoms with Crippen LogP contribution in [-0.4, -0.2) is 25.0 Å². The SMILES string of the molecule is CCC(C)NC(=O)CCNCCC1CC1. The molecule has 3 nitrogen and oxygen atoms in total. The van der Waals surface area contributed by atoms with Crippen LogP contribution in [0.4, 0.5) is 0 Å². The summed E-state index contributed by atoms with van der Waals surface area (Å²) in [5.41, 5.74) is 0. The molecular formula is C12H24N2O. The van der Waals surface area contributed by atoms with E-state index in [9.17, 15) is 4.79 Å². The zero-order chi connectivity index (χ0) is 11.1. The van der Waals surface area contributed by atoms with Gasteiger partial charge in [0.15, 0.2) is 0 Å². The molecule has 1 unspecified atom stereocenters. The minimum Gasteiger partial charge on any atom is -0.354 e. The molecule has 2 N–H and O–H groups in total. The first-order valence-corrected chi connectivity index (χ1v) is 6.22. The van der Waals surface area contributed by atoms with E-state index in [1.165, 1.54) is 19.3 Å². The van der Waals surface area contributed by atoms with Gasteiger partial charge in [0.1, 0.15) is 0 Å². The maximum atomic E-state index is 11.4. The quantitative estimate of drug-likeness (QED) is 0.601. The van der Waals surface area contributed by atoms with Gasteiger partial charge in [0.05, 0.1) is 0 Å². The van der Waals surface area contributed by atoms with Gasteiger partial charge < -0.3 is 10.6 Å². The van der Waals surface area contributed by atoms with Crippen molar-refractivity contribution in [3.8, 4) is 0 Å². The highest BCUT2D eigenvalue weighted by molar-refractivity contribution is 5.76. The molecule has 0 bridgehead atoms. The van der Waals surface area contributed by atoms with Gasteiger partial charge in [-0.15, -0.1) is 0 Å². The van der Waals surface area contributed by atoms with Crippen LogP contribution in [0.2, 0.25) is 0 Å². The van der Waals surface area contributed by atoms with Crippen molar-refractivity contribution >= 4 is 5.91 Å². The number of rotatable bonds is 8. The van der Waals surface area contributed by atoms with Crippen LogP contribution in [0.5, 0.6) is 0 Å². The van der Waals surface area contributed by atoms with E-state index >= 15 is 0 Å². The number of carbonyl (C=O) groups excluding carboxylic acids is 1. The highest BCUT2D eigenvalue weighted by Crippen LogP contribution is 2.31. The molecule has 0 aliphatic heterocycles. The van der Waals surface area contributed by atoms with Crippen molar-refractivity contribution in [2.45, 2.75) is 52.0 Å². The third kappa shape index (κ3) is 6.50. The molecule has 0 radical (unpaired) electrons. The van der Waals surface area contributed by atoms with Crippen molar-refractivity contribution in [3.05, 3.63) is 0 Å². The van der Waals surface area contributed by atoms with Crippen LogP contribution in [0.25, 0.3) is 0 Å². The molecule has 0 spiro atoms. The minimum absolute atomic E-state index is 0.170. The van der Waals surface area contributed by atoms with Crippen LogP contribution in [-0.2, 0) is 4.79 Å². The summed E-state index contributed by atoms with van der Waals surface area (Å²) in [5, 5.41) is 6.28. The second kappa shape index (κ2) is 6.83. The molecule has 1 fully saturated rings. The predicted octanol–water partition coefficient (Wildman–Crippen LogP) is 1.68. The molecule has 3 heteroatoms. The predicted molar refractivity (Wildman–Crippen MR) is 62.7 cm³/mol. The third-order valence-electron chi connectivity index (χ3n) is 2.97. The summed E-state index contributed by atoms with van der Waals surface area (Å²) in [4.78, 5) is 11.4. The van der Waals surface area contributed by atoms with Crippen molar-refractivity contribution in [1.82, 2.24) is 10.6 Å². The lowest BCUT2D eigenvalue weighted by Crippen LogP contribution is -2.34. The van der Waals surface area contributed by atoms with E-state index in [2.05, 4.69) is 17.6 Å². The first-order chi connectivity index (χ1) is 7.22. The largest absolute Gasteiger partial charge is 0.354 e. The van der Waals surface area contributed by atoms with Crippen LogP contribution >= 0.6 is 0 Å². The fraction of sp³-hybridized carbons (Fsp3) is 0.917. The van der Waals surface area contributed by atoms with Crippen LogP contribution in [0, 0.1) is 5.92 Å². The van der Waals surface area contributed by atoms with Gasteiger partial charge in [-0.2, -0.15) is 0 Å². The summed E-state index contributed by atoms with van der Waals surface area (Å²) in [7, 11) is 0. The summed E-state index contributed by atoms with van der Waals surface area (Å²) in [6.07, 6.45) is 5.72. The molecule has 88 valence electrons. The van der Waals surface area contributed by atoms with Crippen LogP contribution in [0.15, 0.2) is 0 Å². The maximum Gasteiger partial charge on any atom is 0.221 e. The van der Waals surface area contributed by atoms with E-state index in [1.807, 2.05) is 6.92 Å². The van der Waals surface area contributed by atoms with E-state index < -0.39 is 0 Å². The van der Waals surface area contributed by atoms with Crippen LogP contribution in [0.3, 0.4) is 0 Å². The van der Waals surface area contributed by atoms with Crippen molar-refractivity contribution in [2.24, 2.45) is 5.92 Å². The lowest BCUT2D eigenvalue weighted by atomic mass is 10.2. The molecule has 0 aromatic carbocycles. The Hall–Kier alpha value is -0.570. The fourth-order valence-electron chi connectivity index (χ4n) is 1.49. The molecule has 1 atom stereocenters. The molecule has 1 aliphatic carbocycles. The first-order valence-electron chi connectivity index (χ1n) is 6.22. The number of amides is 1. The standard InChI is InChI=1S/C12H24N2O/c1-3-10(2)14-12(15)7-9-13-8-6-11-4-5-11/h10-11,13H,3-9H2,1-2H3,(H,14,15). The van der Waals surface area contributed by atoms with Crippen LogP contribution < -0.4 is 10.6 Å². The average Bonchev–Trinajstić information content (AvgIpc) is 3.01. The Bertz CT molecular complexity index is 190. The molecule has 15 heavy (non-hydrogen) atoms. The lowest BCUT2D eigenvalue weighted by Gasteiger charge is -2.11. The highest BCUT2D eigenvalue weighted by Gasteiger charge is 2.19. The zero-order valence-electron chi connectivity index (χ0n) is 10.0. The normalized spacial score (nSPS) is 17.5. The molecule has 0 aromatic heterocycles. The van der Waals surface area contributed by atoms with Crippen LogP contribution in [0.1, 0.15) is 46.0 Å². The number of hydrogen-bond acceptors (Lipinski definition) is 2. The van der Waals surface area contributed by atoms with Gasteiger partial charge in [-0.3, -0.25) is 4.79 Å².